The minimum Gasteiger partial charge on any atom is -0.370 e. The summed E-state index contributed by atoms with van der Waals surface area (Å²) >= 11 is 4.04. The van der Waals surface area contributed by atoms with Gasteiger partial charge in [-0.1, -0.05) is 30.3 Å². The number of rotatable bonds is 2. The maximum atomic E-state index is 9.44. The average Bonchev–Trinajstić information content (AvgIpc) is 1.85. The second-order valence-electron chi connectivity index (χ2n) is 2.33. The van der Waals surface area contributed by atoms with Crippen molar-refractivity contribution in [3.63, 3.8) is 0 Å². The van der Waals surface area contributed by atoms with Crippen LogP contribution in [0.25, 0.3) is 0 Å². The fourth-order valence-electron chi connectivity index (χ4n) is 0.841. The fraction of sp³-hybridized carbons (Fsp3) is 0.250. The van der Waals surface area contributed by atoms with E-state index in [0.29, 0.717) is 6.42 Å². The second-order valence-corrected chi connectivity index (χ2v) is 7.96. The average molecular weight is 374 g/mol. The van der Waals surface area contributed by atoms with Crippen molar-refractivity contribution in [2.45, 2.75) is 8.04 Å². The van der Waals surface area contributed by atoms with Crippen LogP contribution >= 0.6 is 45.2 Å². The number of hydrogen-bond donors (Lipinski definition) is 1. The minimum absolute atomic E-state index is 0.656. The Morgan fingerprint density at radius 1 is 1.18 bits per heavy atom. The molecule has 0 radical (unpaired) electrons. The van der Waals surface area contributed by atoms with Crippen molar-refractivity contribution in [3.8, 4) is 0 Å². The molecule has 0 aliphatic carbocycles. The second kappa shape index (κ2) is 4.04. The van der Waals surface area contributed by atoms with Gasteiger partial charge in [0.25, 0.3) is 0 Å². The van der Waals surface area contributed by atoms with Gasteiger partial charge in [0, 0.05) is 6.42 Å². The van der Waals surface area contributed by atoms with Crippen LogP contribution in [0.15, 0.2) is 30.3 Å². The zero-order valence-electron chi connectivity index (χ0n) is 5.80. The van der Waals surface area contributed by atoms with Gasteiger partial charge in [-0.25, -0.2) is 0 Å². The van der Waals surface area contributed by atoms with Crippen LogP contribution in [0.5, 0.6) is 0 Å². The molecule has 1 aromatic carbocycles. The van der Waals surface area contributed by atoms with E-state index in [1.54, 1.807) is 0 Å². The van der Waals surface area contributed by atoms with E-state index >= 15 is 0 Å². The first kappa shape index (κ1) is 9.73. The van der Waals surface area contributed by atoms with Gasteiger partial charge in [0.15, 0.2) is 1.61 Å². The zero-order chi connectivity index (χ0) is 8.32. The zero-order valence-corrected chi connectivity index (χ0v) is 10.1. The van der Waals surface area contributed by atoms with Crippen LogP contribution in [0.3, 0.4) is 0 Å². The Bertz CT molecular complexity index is 215. The predicted molar refractivity (Wildman–Crippen MR) is 63.1 cm³/mol. The van der Waals surface area contributed by atoms with Crippen molar-refractivity contribution < 1.29 is 5.11 Å². The van der Waals surface area contributed by atoms with Gasteiger partial charge in [0.1, 0.15) is 0 Å². The smallest absolute Gasteiger partial charge is 0.170 e. The lowest BCUT2D eigenvalue weighted by Gasteiger charge is -2.12. The molecular weight excluding hydrogens is 366 g/mol. The standard InChI is InChI=1S/C8H8I2O/c9-8(10,11)6-7-4-2-1-3-5-7/h1-5,11H,6H2. The van der Waals surface area contributed by atoms with E-state index in [-0.39, 0.29) is 0 Å². The van der Waals surface area contributed by atoms with Crippen LogP contribution in [0.4, 0.5) is 0 Å². The fourth-order valence-corrected chi connectivity index (χ4v) is 1.72. The van der Waals surface area contributed by atoms with Gasteiger partial charge in [-0.05, 0) is 50.7 Å². The van der Waals surface area contributed by atoms with Crippen LogP contribution in [-0.2, 0) is 6.42 Å². The molecule has 0 fully saturated rings. The van der Waals surface area contributed by atoms with Crippen molar-refractivity contribution >= 4 is 45.2 Å². The number of halogens is 2. The molecule has 0 atom stereocenters. The first-order chi connectivity index (χ1) is 5.08. The van der Waals surface area contributed by atoms with Gasteiger partial charge < -0.3 is 5.11 Å². The van der Waals surface area contributed by atoms with E-state index in [1.807, 2.05) is 75.5 Å². The van der Waals surface area contributed by atoms with Crippen LogP contribution < -0.4 is 0 Å². The topological polar surface area (TPSA) is 20.2 Å². The van der Waals surface area contributed by atoms with E-state index in [0.717, 1.165) is 0 Å². The lowest BCUT2D eigenvalue weighted by molar-refractivity contribution is 0.264. The summed E-state index contributed by atoms with van der Waals surface area (Å²) in [5.74, 6) is 0. The normalized spacial score (nSPS) is 11.5. The van der Waals surface area contributed by atoms with Crippen molar-refractivity contribution in [1.29, 1.82) is 0 Å². The molecule has 0 heterocycles. The van der Waals surface area contributed by atoms with Gasteiger partial charge in [0.2, 0.25) is 0 Å². The minimum atomic E-state index is -0.656. The summed E-state index contributed by atoms with van der Waals surface area (Å²) in [6, 6.07) is 9.97. The Kier molecular flexibility index (Phi) is 3.57. The highest BCUT2D eigenvalue weighted by Crippen LogP contribution is 2.27. The Morgan fingerprint density at radius 2 is 1.73 bits per heavy atom. The molecule has 0 bridgehead atoms. The summed E-state index contributed by atoms with van der Waals surface area (Å²) in [6.45, 7) is 0. The molecule has 1 rings (SSSR count). The lowest BCUT2D eigenvalue weighted by Crippen LogP contribution is -2.12. The Balaban J connectivity index is 2.66. The van der Waals surface area contributed by atoms with Crippen molar-refractivity contribution in [2.75, 3.05) is 0 Å². The molecule has 0 aliphatic heterocycles. The van der Waals surface area contributed by atoms with Crippen LogP contribution in [0.1, 0.15) is 5.56 Å². The van der Waals surface area contributed by atoms with E-state index in [9.17, 15) is 5.11 Å². The third kappa shape index (κ3) is 4.27. The summed E-state index contributed by atoms with van der Waals surface area (Å²) in [6.07, 6.45) is 0.689. The highest BCUT2D eigenvalue weighted by molar-refractivity contribution is 14.2. The largest absolute Gasteiger partial charge is 0.370 e. The summed E-state index contributed by atoms with van der Waals surface area (Å²) < 4.78 is -0.656. The van der Waals surface area contributed by atoms with Crippen molar-refractivity contribution in [1.82, 2.24) is 0 Å². The van der Waals surface area contributed by atoms with E-state index in [1.165, 1.54) is 5.56 Å². The highest BCUT2D eigenvalue weighted by Gasteiger charge is 2.17. The Labute approximate surface area is 93.5 Å². The molecule has 60 valence electrons. The molecule has 0 aromatic heterocycles. The van der Waals surface area contributed by atoms with Gasteiger partial charge in [0.05, 0.1) is 0 Å². The summed E-state index contributed by atoms with van der Waals surface area (Å²) in [4.78, 5) is 0. The Hall–Kier alpha value is 0.640. The maximum absolute atomic E-state index is 9.44. The van der Waals surface area contributed by atoms with E-state index in [4.69, 9.17) is 0 Å². The molecule has 3 heteroatoms. The van der Waals surface area contributed by atoms with Crippen LogP contribution in [-0.4, -0.2) is 6.72 Å². The molecule has 0 saturated heterocycles. The quantitative estimate of drug-likeness (QED) is 0.624. The molecule has 0 saturated carbocycles. The SMILES string of the molecule is OC(I)(I)Cc1ccccc1. The third-order valence-corrected chi connectivity index (χ3v) is 2.02. The van der Waals surface area contributed by atoms with Gasteiger partial charge in [-0.2, -0.15) is 0 Å². The summed E-state index contributed by atoms with van der Waals surface area (Å²) in [7, 11) is 0. The van der Waals surface area contributed by atoms with Gasteiger partial charge >= 0.3 is 0 Å². The lowest BCUT2D eigenvalue weighted by atomic mass is 10.2. The first-order valence-electron chi connectivity index (χ1n) is 3.22. The van der Waals surface area contributed by atoms with Crippen molar-refractivity contribution in [2.24, 2.45) is 0 Å². The molecule has 0 aliphatic rings. The number of hydrogen-bond acceptors (Lipinski definition) is 1. The number of alkyl halides is 2. The molecule has 1 N–H and O–H groups in total. The Morgan fingerprint density at radius 3 is 2.18 bits per heavy atom. The molecule has 1 aromatic rings. The number of benzene rings is 1. The first-order valence-corrected chi connectivity index (χ1v) is 5.38. The molecule has 0 amide bonds. The molecule has 0 unspecified atom stereocenters. The monoisotopic (exact) mass is 374 g/mol. The predicted octanol–water partition coefficient (Wildman–Crippen LogP) is 2.75. The van der Waals surface area contributed by atoms with Crippen LogP contribution in [0, 0.1) is 0 Å². The van der Waals surface area contributed by atoms with Crippen molar-refractivity contribution in [3.05, 3.63) is 35.9 Å². The molecular formula is C8H8I2O. The third-order valence-electron chi connectivity index (χ3n) is 1.26. The van der Waals surface area contributed by atoms with Gasteiger partial charge in [-0.15, -0.1) is 0 Å². The number of aliphatic hydroxyl groups is 1. The highest BCUT2D eigenvalue weighted by atomic mass is 127. The van der Waals surface area contributed by atoms with Crippen LogP contribution in [0.2, 0.25) is 0 Å². The molecule has 11 heavy (non-hydrogen) atoms. The van der Waals surface area contributed by atoms with Gasteiger partial charge in [-0.3, -0.25) is 0 Å². The molecule has 0 spiro atoms. The van der Waals surface area contributed by atoms with E-state index < -0.39 is 1.61 Å². The summed E-state index contributed by atoms with van der Waals surface area (Å²) in [5.41, 5.74) is 1.17. The van der Waals surface area contributed by atoms with E-state index in [2.05, 4.69) is 0 Å². The maximum Gasteiger partial charge on any atom is 0.170 e. The summed E-state index contributed by atoms with van der Waals surface area (Å²) in [5, 5.41) is 9.44. The molecule has 1 nitrogen and oxygen atoms in total.